The van der Waals surface area contributed by atoms with Crippen LogP contribution >= 0.6 is 11.8 Å². The van der Waals surface area contributed by atoms with Crippen LogP contribution in [-0.4, -0.2) is 68.7 Å². The normalized spacial score (nSPS) is 18.1. The first kappa shape index (κ1) is 21.8. The van der Waals surface area contributed by atoms with Gasteiger partial charge in [-0.25, -0.2) is 9.97 Å². The number of hydrogen-bond acceptors (Lipinski definition) is 7. The van der Waals surface area contributed by atoms with Crippen molar-refractivity contribution >= 4 is 23.6 Å². The van der Waals surface area contributed by atoms with Crippen molar-refractivity contribution in [3.63, 3.8) is 0 Å². The highest BCUT2D eigenvalue weighted by atomic mass is 32.2. The summed E-state index contributed by atoms with van der Waals surface area (Å²) in [6, 6.07) is 1.93. The van der Waals surface area contributed by atoms with Crippen molar-refractivity contribution in [1.29, 1.82) is 0 Å². The SMILES string of the molecule is Cc1cc(C)nc(SCC(=O)N2CCC3(CCN(C(=O)c4c(C)noc4C)CC3)C2)n1. The van der Waals surface area contributed by atoms with Crippen molar-refractivity contribution < 1.29 is 14.1 Å². The third-order valence-electron chi connectivity index (χ3n) is 6.44. The fraction of sp³-hybridized carbons (Fsp3) is 0.591. The molecule has 2 fully saturated rings. The molecule has 2 aromatic rings. The highest BCUT2D eigenvalue weighted by Gasteiger charge is 2.43. The Balaban J connectivity index is 1.30. The molecule has 0 N–H and O–H groups in total. The molecule has 8 nitrogen and oxygen atoms in total. The van der Waals surface area contributed by atoms with Crippen LogP contribution in [0.15, 0.2) is 15.7 Å². The van der Waals surface area contributed by atoms with Crippen molar-refractivity contribution in [2.45, 2.75) is 52.1 Å². The summed E-state index contributed by atoms with van der Waals surface area (Å²) in [5, 5.41) is 4.56. The number of amides is 2. The number of piperidine rings is 1. The molecule has 9 heteroatoms. The zero-order valence-corrected chi connectivity index (χ0v) is 19.4. The monoisotopic (exact) mass is 443 g/mol. The Bertz CT molecular complexity index is 957. The van der Waals surface area contributed by atoms with E-state index < -0.39 is 0 Å². The summed E-state index contributed by atoms with van der Waals surface area (Å²) in [6.07, 6.45) is 2.83. The standard InChI is InChI=1S/C22H29N5O3S/c1-14-11-15(2)24-21(23-14)31-12-18(28)27-10-7-22(13-27)5-8-26(9-6-22)20(29)19-16(3)25-30-17(19)4/h11H,5-10,12-13H2,1-4H3. The minimum atomic E-state index is 0.00174. The van der Waals surface area contributed by atoms with Crippen LogP contribution in [0.25, 0.3) is 0 Å². The molecule has 4 rings (SSSR count). The van der Waals surface area contributed by atoms with Crippen LogP contribution in [0, 0.1) is 33.1 Å². The molecule has 0 aromatic carbocycles. The summed E-state index contributed by atoms with van der Waals surface area (Å²) in [5.74, 6) is 1.07. The Hall–Kier alpha value is -2.42. The Kier molecular flexibility index (Phi) is 6.05. The molecule has 0 unspecified atom stereocenters. The average Bonchev–Trinajstić information content (AvgIpc) is 3.29. The van der Waals surface area contributed by atoms with E-state index in [1.54, 1.807) is 13.8 Å². The number of nitrogens with zero attached hydrogens (tertiary/aromatic N) is 5. The molecule has 0 atom stereocenters. The highest BCUT2D eigenvalue weighted by Crippen LogP contribution is 2.41. The van der Waals surface area contributed by atoms with Gasteiger partial charge in [0.15, 0.2) is 5.16 Å². The number of carbonyl (C=O) groups excluding carboxylic acids is 2. The van der Waals surface area contributed by atoms with Crippen LogP contribution in [0.1, 0.15) is 52.5 Å². The molecule has 31 heavy (non-hydrogen) atoms. The van der Waals surface area contributed by atoms with Gasteiger partial charge in [-0.2, -0.15) is 0 Å². The number of hydrogen-bond donors (Lipinski definition) is 0. The summed E-state index contributed by atoms with van der Waals surface area (Å²) in [4.78, 5) is 38.4. The predicted molar refractivity (Wildman–Crippen MR) is 117 cm³/mol. The molecule has 0 bridgehead atoms. The van der Waals surface area contributed by atoms with Gasteiger partial charge in [0.25, 0.3) is 5.91 Å². The maximum absolute atomic E-state index is 12.9. The maximum atomic E-state index is 12.9. The van der Waals surface area contributed by atoms with E-state index in [1.807, 2.05) is 29.7 Å². The summed E-state index contributed by atoms with van der Waals surface area (Å²) >= 11 is 1.40. The smallest absolute Gasteiger partial charge is 0.259 e. The lowest BCUT2D eigenvalue weighted by molar-refractivity contribution is -0.127. The number of aromatic nitrogens is 3. The number of likely N-dealkylation sites (tertiary alicyclic amines) is 2. The van der Waals surface area contributed by atoms with Crippen LogP contribution in [0.2, 0.25) is 0 Å². The van der Waals surface area contributed by atoms with Crippen molar-refractivity contribution in [2.75, 3.05) is 31.9 Å². The summed E-state index contributed by atoms with van der Waals surface area (Å²) in [7, 11) is 0. The number of thioether (sulfide) groups is 1. The van der Waals surface area contributed by atoms with Crippen LogP contribution in [0.4, 0.5) is 0 Å². The summed E-state index contributed by atoms with van der Waals surface area (Å²) < 4.78 is 5.16. The third-order valence-corrected chi connectivity index (χ3v) is 7.27. The van der Waals surface area contributed by atoms with E-state index in [2.05, 4.69) is 15.1 Å². The zero-order chi connectivity index (χ0) is 22.2. The van der Waals surface area contributed by atoms with Gasteiger partial charge in [0.05, 0.1) is 11.4 Å². The first-order valence-electron chi connectivity index (χ1n) is 10.7. The fourth-order valence-electron chi connectivity index (χ4n) is 4.66. The largest absolute Gasteiger partial charge is 0.361 e. The summed E-state index contributed by atoms with van der Waals surface area (Å²) in [6.45, 7) is 10.4. The van der Waals surface area contributed by atoms with E-state index in [9.17, 15) is 9.59 Å². The van der Waals surface area contributed by atoms with E-state index in [4.69, 9.17) is 4.52 Å². The van der Waals surface area contributed by atoms with Crippen molar-refractivity contribution in [2.24, 2.45) is 5.41 Å². The Morgan fingerprint density at radius 3 is 2.23 bits per heavy atom. The molecule has 0 saturated carbocycles. The van der Waals surface area contributed by atoms with Gasteiger partial charge in [0, 0.05) is 37.6 Å². The van der Waals surface area contributed by atoms with Gasteiger partial charge in [-0.1, -0.05) is 16.9 Å². The van der Waals surface area contributed by atoms with E-state index >= 15 is 0 Å². The molecule has 2 aliphatic rings. The van der Waals surface area contributed by atoms with Crippen molar-refractivity contribution in [3.05, 3.63) is 34.5 Å². The Morgan fingerprint density at radius 1 is 1.03 bits per heavy atom. The van der Waals surface area contributed by atoms with Gasteiger partial charge in [-0.3, -0.25) is 9.59 Å². The molecule has 2 aliphatic heterocycles. The van der Waals surface area contributed by atoms with Crippen molar-refractivity contribution in [3.8, 4) is 0 Å². The van der Waals surface area contributed by atoms with Crippen LogP contribution in [0.3, 0.4) is 0 Å². The van der Waals surface area contributed by atoms with Crippen molar-refractivity contribution in [1.82, 2.24) is 24.9 Å². The molecule has 1 spiro atoms. The van der Waals surface area contributed by atoms with Crippen LogP contribution in [-0.2, 0) is 4.79 Å². The molecule has 2 aromatic heterocycles. The van der Waals surface area contributed by atoms with E-state index in [-0.39, 0.29) is 17.2 Å². The van der Waals surface area contributed by atoms with Gasteiger partial charge in [-0.15, -0.1) is 0 Å². The summed E-state index contributed by atoms with van der Waals surface area (Å²) in [5.41, 5.74) is 3.18. The quantitative estimate of drug-likeness (QED) is 0.530. The van der Waals surface area contributed by atoms with Gasteiger partial charge in [-0.05, 0) is 58.4 Å². The Morgan fingerprint density at radius 2 is 1.65 bits per heavy atom. The maximum Gasteiger partial charge on any atom is 0.259 e. The third kappa shape index (κ3) is 4.61. The first-order chi connectivity index (χ1) is 14.8. The van der Waals surface area contributed by atoms with Gasteiger partial charge < -0.3 is 14.3 Å². The molecule has 2 saturated heterocycles. The minimum absolute atomic E-state index is 0.00174. The fourth-order valence-corrected chi connectivity index (χ4v) is 5.51. The second-order valence-electron chi connectivity index (χ2n) is 8.78. The molecule has 2 amide bonds. The lowest BCUT2D eigenvalue weighted by atomic mass is 9.77. The number of rotatable bonds is 4. The minimum Gasteiger partial charge on any atom is -0.361 e. The number of aryl methyl sites for hydroxylation is 4. The Labute approximate surface area is 186 Å². The molecular formula is C22H29N5O3S. The molecule has 166 valence electrons. The molecule has 0 aliphatic carbocycles. The zero-order valence-electron chi connectivity index (χ0n) is 18.6. The van der Waals surface area contributed by atoms with Gasteiger partial charge >= 0.3 is 0 Å². The average molecular weight is 444 g/mol. The molecule has 0 radical (unpaired) electrons. The van der Waals surface area contributed by atoms with E-state index in [0.29, 0.717) is 41.0 Å². The van der Waals surface area contributed by atoms with Crippen LogP contribution < -0.4 is 0 Å². The van der Waals surface area contributed by atoms with E-state index in [1.165, 1.54) is 11.8 Å². The highest BCUT2D eigenvalue weighted by molar-refractivity contribution is 7.99. The lowest BCUT2D eigenvalue weighted by Gasteiger charge is -2.39. The van der Waals surface area contributed by atoms with Gasteiger partial charge in [0.2, 0.25) is 5.91 Å². The van der Waals surface area contributed by atoms with E-state index in [0.717, 1.165) is 43.7 Å². The van der Waals surface area contributed by atoms with Crippen LogP contribution in [0.5, 0.6) is 0 Å². The number of carbonyl (C=O) groups is 2. The second-order valence-corrected chi connectivity index (χ2v) is 9.72. The first-order valence-corrected chi connectivity index (χ1v) is 11.7. The molecule has 4 heterocycles. The second kappa shape index (κ2) is 8.61. The van der Waals surface area contributed by atoms with Gasteiger partial charge in [0.1, 0.15) is 11.3 Å². The lowest BCUT2D eigenvalue weighted by Crippen LogP contribution is -2.45. The topological polar surface area (TPSA) is 92.4 Å². The molecular weight excluding hydrogens is 414 g/mol. The predicted octanol–water partition coefficient (Wildman–Crippen LogP) is 2.95.